The summed E-state index contributed by atoms with van der Waals surface area (Å²) in [6.45, 7) is 0.401. The lowest BCUT2D eigenvalue weighted by atomic mass is 10.2. The van der Waals surface area contributed by atoms with Crippen LogP contribution in [-0.2, 0) is 9.78 Å². The van der Waals surface area contributed by atoms with E-state index in [0.29, 0.717) is 13.0 Å². The van der Waals surface area contributed by atoms with E-state index in [1.54, 1.807) is 0 Å². The van der Waals surface area contributed by atoms with Crippen molar-refractivity contribution in [3.63, 3.8) is 0 Å². The first-order valence-electron chi connectivity index (χ1n) is 2.68. The molecule has 0 aliphatic carbocycles. The molecule has 1 saturated heterocycles. The van der Waals surface area contributed by atoms with Gasteiger partial charge in [-0.25, -0.2) is 9.78 Å². The second-order valence-corrected chi connectivity index (χ2v) is 1.83. The second-order valence-electron chi connectivity index (χ2n) is 1.83. The third-order valence-electron chi connectivity index (χ3n) is 1.18. The fourth-order valence-electron chi connectivity index (χ4n) is 0.619. The first-order chi connectivity index (χ1) is 4.30. The van der Waals surface area contributed by atoms with Crippen molar-refractivity contribution < 1.29 is 14.7 Å². The molecule has 5 heteroatoms. The third-order valence-corrected chi connectivity index (χ3v) is 1.18. The molecule has 0 aromatic carbocycles. The fourth-order valence-corrected chi connectivity index (χ4v) is 0.619. The van der Waals surface area contributed by atoms with Crippen LogP contribution in [0.1, 0.15) is 6.42 Å². The zero-order valence-corrected chi connectivity index (χ0v) is 4.78. The van der Waals surface area contributed by atoms with Gasteiger partial charge in [0.2, 0.25) is 6.04 Å². The van der Waals surface area contributed by atoms with Crippen LogP contribution in [-0.4, -0.2) is 24.2 Å². The maximum absolute atomic E-state index is 10.0. The number of hydrogen-bond donors (Lipinski definition) is 0. The number of rotatable bonds is 1. The van der Waals surface area contributed by atoms with Crippen LogP contribution in [0, 0.1) is 10.1 Å². The van der Waals surface area contributed by atoms with Crippen LogP contribution < -0.4 is 0 Å². The lowest BCUT2D eigenvalue weighted by Crippen LogP contribution is -2.31. The zero-order valence-electron chi connectivity index (χ0n) is 4.78. The molecule has 1 rings (SSSR count). The first kappa shape index (κ1) is 6.44. The van der Waals surface area contributed by atoms with Gasteiger partial charge in [0.25, 0.3) is 0 Å². The molecule has 9 heavy (non-hydrogen) atoms. The van der Waals surface area contributed by atoms with Gasteiger partial charge in [-0.15, -0.1) is 0 Å². The Hall–Kier alpha value is -0.680. The molecule has 0 radical (unpaired) electrons. The van der Waals surface area contributed by atoms with Gasteiger partial charge in [-0.05, 0) is 0 Å². The molecule has 0 aromatic heterocycles. The summed E-state index contributed by atoms with van der Waals surface area (Å²) in [6.07, 6.45) is 0.451. The minimum absolute atomic E-state index is 0.0764. The van der Waals surface area contributed by atoms with E-state index in [0.717, 1.165) is 0 Å². The van der Waals surface area contributed by atoms with Crippen molar-refractivity contribution in [2.45, 2.75) is 12.5 Å². The Morgan fingerprint density at radius 2 is 2.33 bits per heavy atom. The molecule has 1 atom stereocenters. The molecule has 0 bridgehead atoms. The predicted octanol–water partition coefficient (Wildman–Crippen LogP) is -0.0164. The molecular weight excluding hydrogens is 126 g/mol. The normalized spacial score (nSPS) is 27.8. The summed E-state index contributed by atoms with van der Waals surface area (Å²) in [4.78, 5) is 18.5. The van der Waals surface area contributed by atoms with Crippen LogP contribution in [0.2, 0.25) is 0 Å². The summed E-state index contributed by atoms with van der Waals surface area (Å²) in [5.41, 5.74) is 0. The van der Waals surface area contributed by atoms with Gasteiger partial charge < -0.3 is 0 Å². The predicted molar refractivity (Wildman–Crippen MR) is 27.3 cm³/mol. The van der Waals surface area contributed by atoms with E-state index < -0.39 is 6.04 Å². The quantitative estimate of drug-likeness (QED) is 0.286. The Balaban J connectivity index is 2.31. The minimum atomic E-state index is -0.571. The van der Waals surface area contributed by atoms with Gasteiger partial charge in [0.1, 0.15) is 6.61 Å². The molecule has 5 nitrogen and oxygen atoms in total. The molecule has 0 saturated carbocycles. The highest BCUT2D eigenvalue weighted by Crippen LogP contribution is 2.04. The monoisotopic (exact) mass is 133 g/mol. The number of hydrogen-bond acceptors (Lipinski definition) is 4. The largest absolute Gasteiger partial charge is 0.264 e. The zero-order chi connectivity index (χ0) is 6.69. The average Bonchev–Trinajstić information content (AvgIpc) is 1.90. The summed E-state index contributed by atoms with van der Waals surface area (Å²) in [5.74, 6) is 0. The second kappa shape index (κ2) is 2.75. The third kappa shape index (κ3) is 1.62. The van der Waals surface area contributed by atoms with Crippen molar-refractivity contribution in [3.05, 3.63) is 10.1 Å². The van der Waals surface area contributed by atoms with Gasteiger partial charge >= 0.3 is 0 Å². The average molecular weight is 133 g/mol. The van der Waals surface area contributed by atoms with Gasteiger partial charge in [-0.3, -0.25) is 10.1 Å². The van der Waals surface area contributed by atoms with E-state index in [1.165, 1.54) is 0 Å². The van der Waals surface area contributed by atoms with Crippen LogP contribution >= 0.6 is 0 Å². The van der Waals surface area contributed by atoms with Gasteiger partial charge in [0.15, 0.2) is 0 Å². The Labute approximate surface area is 51.6 Å². The summed E-state index contributed by atoms with van der Waals surface area (Å²) in [5, 5.41) is 10.0. The van der Waals surface area contributed by atoms with Crippen molar-refractivity contribution in [2.24, 2.45) is 0 Å². The summed E-state index contributed by atoms with van der Waals surface area (Å²) in [6, 6.07) is -0.571. The molecule has 1 heterocycles. The molecule has 0 N–H and O–H groups in total. The molecule has 52 valence electrons. The van der Waals surface area contributed by atoms with E-state index in [9.17, 15) is 10.1 Å². The van der Waals surface area contributed by atoms with Crippen molar-refractivity contribution >= 4 is 0 Å². The molecule has 0 spiro atoms. The van der Waals surface area contributed by atoms with Crippen molar-refractivity contribution in [1.29, 1.82) is 0 Å². The minimum Gasteiger partial charge on any atom is -0.264 e. The summed E-state index contributed by atoms with van der Waals surface area (Å²) < 4.78 is 0. The maximum Gasteiger partial charge on any atom is 0.241 e. The van der Waals surface area contributed by atoms with Crippen molar-refractivity contribution in [1.82, 2.24) is 0 Å². The molecule has 1 unspecified atom stereocenters. The van der Waals surface area contributed by atoms with Crippen LogP contribution in [0.15, 0.2) is 0 Å². The van der Waals surface area contributed by atoms with Gasteiger partial charge in [0.05, 0.1) is 6.61 Å². The van der Waals surface area contributed by atoms with Crippen molar-refractivity contribution in [2.75, 3.05) is 13.2 Å². The van der Waals surface area contributed by atoms with Crippen LogP contribution in [0.4, 0.5) is 0 Å². The SMILES string of the molecule is O=[N+]([O-])C1CCOOC1. The standard InChI is InChI=1S/C4H7NO4/c6-5(7)4-1-2-8-9-3-4/h4H,1-3H2. The Bertz CT molecular complexity index is 109. The van der Waals surface area contributed by atoms with E-state index in [4.69, 9.17) is 0 Å². The maximum atomic E-state index is 10.0. The van der Waals surface area contributed by atoms with Crippen LogP contribution in [0.5, 0.6) is 0 Å². The van der Waals surface area contributed by atoms with E-state index in [2.05, 4.69) is 9.78 Å². The molecule has 1 aliphatic heterocycles. The first-order valence-corrected chi connectivity index (χ1v) is 2.68. The molecule has 1 fully saturated rings. The van der Waals surface area contributed by atoms with Gasteiger partial charge in [-0.2, -0.15) is 0 Å². The Kier molecular flexibility index (Phi) is 1.96. The van der Waals surface area contributed by atoms with Gasteiger partial charge in [-0.1, -0.05) is 0 Å². The molecule has 1 aliphatic rings. The highest BCUT2D eigenvalue weighted by atomic mass is 17.2. The summed E-state index contributed by atoms with van der Waals surface area (Å²) in [7, 11) is 0. The smallest absolute Gasteiger partial charge is 0.241 e. The molecular formula is C4H7NO4. The highest BCUT2D eigenvalue weighted by molar-refractivity contribution is 4.55. The highest BCUT2D eigenvalue weighted by Gasteiger charge is 2.24. The fraction of sp³-hybridized carbons (Fsp3) is 1.00. The molecule has 0 amide bonds. The van der Waals surface area contributed by atoms with Gasteiger partial charge in [0, 0.05) is 11.3 Å². The lowest BCUT2D eigenvalue weighted by Gasteiger charge is -2.13. The Morgan fingerprint density at radius 3 is 2.67 bits per heavy atom. The lowest BCUT2D eigenvalue weighted by molar-refractivity contribution is -0.549. The molecule has 0 aromatic rings. The topological polar surface area (TPSA) is 61.6 Å². The summed E-state index contributed by atoms with van der Waals surface area (Å²) >= 11 is 0. The number of nitrogens with zero attached hydrogens (tertiary/aromatic N) is 1. The van der Waals surface area contributed by atoms with E-state index in [-0.39, 0.29) is 11.5 Å². The number of nitro groups is 1. The van der Waals surface area contributed by atoms with Crippen LogP contribution in [0.25, 0.3) is 0 Å². The van der Waals surface area contributed by atoms with Crippen molar-refractivity contribution in [3.8, 4) is 0 Å². The van der Waals surface area contributed by atoms with E-state index >= 15 is 0 Å². The van der Waals surface area contributed by atoms with E-state index in [1.807, 2.05) is 0 Å². The van der Waals surface area contributed by atoms with Crippen LogP contribution in [0.3, 0.4) is 0 Å². The Morgan fingerprint density at radius 1 is 1.56 bits per heavy atom.